The van der Waals surface area contributed by atoms with Crippen LogP contribution in [0.1, 0.15) is 55.3 Å². The van der Waals surface area contributed by atoms with E-state index in [2.05, 4.69) is 20.6 Å². The van der Waals surface area contributed by atoms with E-state index in [0.29, 0.717) is 49.8 Å². The third-order valence-corrected chi connectivity index (χ3v) is 8.54. The third-order valence-electron chi connectivity index (χ3n) is 8.54. The number of aliphatic hydroxyl groups excluding tert-OH is 1. The molecule has 1 aromatic carbocycles. The highest BCUT2D eigenvalue weighted by atomic mass is 16.5. The Morgan fingerprint density at radius 2 is 1.97 bits per heavy atom. The number of fused-ring (bicyclic) bond motifs is 5. The summed E-state index contributed by atoms with van der Waals surface area (Å²) in [6.07, 6.45) is 8.41. The molecule has 1 aliphatic carbocycles. The predicted octanol–water partition coefficient (Wildman–Crippen LogP) is 1.62. The summed E-state index contributed by atoms with van der Waals surface area (Å²) in [6.45, 7) is 1.29. The van der Waals surface area contributed by atoms with E-state index in [0.717, 1.165) is 30.4 Å². The van der Waals surface area contributed by atoms with Crippen molar-refractivity contribution in [2.75, 3.05) is 19.7 Å². The maximum atomic E-state index is 13.5. The first kappa shape index (κ1) is 25.3. The van der Waals surface area contributed by atoms with Crippen LogP contribution in [0, 0.1) is 0 Å². The molecule has 10 heteroatoms. The monoisotopic (exact) mass is 523 g/mol. The number of nitrogens with zero attached hydrogens (tertiary/aromatic N) is 3. The van der Waals surface area contributed by atoms with E-state index < -0.39 is 12.2 Å². The lowest BCUT2D eigenvalue weighted by molar-refractivity contribution is -0.134. The van der Waals surface area contributed by atoms with Crippen molar-refractivity contribution in [1.82, 2.24) is 25.3 Å². The van der Waals surface area contributed by atoms with Gasteiger partial charge in [-0.3, -0.25) is 19.2 Å². The summed E-state index contributed by atoms with van der Waals surface area (Å²) in [5, 5.41) is 21.0. The van der Waals surface area contributed by atoms with E-state index in [4.69, 9.17) is 9.47 Å². The van der Waals surface area contributed by atoms with Crippen molar-refractivity contribution in [3.8, 4) is 16.9 Å². The van der Waals surface area contributed by atoms with Gasteiger partial charge in [-0.05, 0) is 49.8 Å². The van der Waals surface area contributed by atoms with E-state index >= 15 is 0 Å². The molecule has 3 N–H and O–H groups in total. The number of ether oxygens (including phenoxy) is 2. The van der Waals surface area contributed by atoms with Gasteiger partial charge >= 0.3 is 0 Å². The molecular weight excluding hydrogens is 486 g/mol. The fraction of sp³-hybridized carbons (Fsp3) is 0.607. The van der Waals surface area contributed by atoms with E-state index in [1.165, 1.54) is 6.42 Å². The lowest BCUT2D eigenvalue weighted by atomic mass is 9.91. The lowest BCUT2D eigenvalue weighted by Crippen LogP contribution is -2.53. The van der Waals surface area contributed by atoms with Gasteiger partial charge < -0.3 is 25.2 Å². The van der Waals surface area contributed by atoms with Crippen LogP contribution in [0.5, 0.6) is 5.75 Å². The standard InChI is InChI=1S/C28H37N5O5/c1-32-15-18(13-30-32)17-5-7-22-25(11-17)37-10-9-21-6-8-24(34)26(38-21)14-29-28(36)23-12-19(31-27(22)35)16-33(23)20-3-2-4-20/h5,7,11,13,15,19-21,23-24,26,34H,2-4,6,8-10,12,14,16H2,1H3,(H,29,36)(H,31,35)/t19-,21-,23-,24-,26+/m0/s1. The van der Waals surface area contributed by atoms with E-state index in [1.807, 2.05) is 31.4 Å². The molecule has 6 rings (SSSR count). The van der Waals surface area contributed by atoms with Crippen LogP contribution < -0.4 is 15.4 Å². The number of hydrogen-bond donors (Lipinski definition) is 3. The molecule has 1 saturated carbocycles. The maximum absolute atomic E-state index is 13.5. The fourth-order valence-electron chi connectivity index (χ4n) is 6.15. The Bertz CT molecular complexity index is 1180. The molecule has 4 aliphatic rings. The zero-order chi connectivity index (χ0) is 26.2. The van der Waals surface area contributed by atoms with Gasteiger partial charge in [0.25, 0.3) is 5.91 Å². The molecule has 3 fully saturated rings. The molecule has 5 atom stereocenters. The van der Waals surface area contributed by atoms with E-state index in [9.17, 15) is 14.7 Å². The number of aryl methyl sites for hydroxylation is 1. The zero-order valence-corrected chi connectivity index (χ0v) is 21.8. The SMILES string of the molecule is Cn1cc(-c2ccc3c(c2)OCC[C@@H]2CC[C@H](O)[C@@H](CNC(=O)[C@@H]4C[C@@H](CN4C4CCC4)NC3=O)O2)cn1. The van der Waals surface area contributed by atoms with Crippen LogP contribution in [0.15, 0.2) is 30.6 Å². The van der Waals surface area contributed by atoms with Gasteiger partial charge in [-0.25, -0.2) is 0 Å². The maximum Gasteiger partial charge on any atom is 0.255 e. The topological polar surface area (TPSA) is 118 Å². The first-order valence-corrected chi connectivity index (χ1v) is 13.9. The van der Waals surface area contributed by atoms with Gasteiger partial charge in [-0.1, -0.05) is 12.5 Å². The van der Waals surface area contributed by atoms with Crippen LogP contribution in [0.3, 0.4) is 0 Å². The average Bonchev–Trinajstić information content (AvgIpc) is 3.48. The molecule has 0 unspecified atom stereocenters. The number of rotatable bonds is 2. The second-order valence-electron chi connectivity index (χ2n) is 11.1. The quantitative estimate of drug-likeness (QED) is 0.548. The summed E-state index contributed by atoms with van der Waals surface area (Å²) in [6, 6.07) is 5.54. The van der Waals surface area contributed by atoms with E-state index in [-0.39, 0.29) is 36.5 Å². The van der Waals surface area contributed by atoms with Gasteiger partial charge in [0.15, 0.2) is 0 Å². The van der Waals surface area contributed by atoms with Crippen molar-refractivity contribution in [2.24, 2.45) is 7.05 Å². The Labute approximate surface area is 222 Å². The van der Waals surface area contributed by atoms with Crippen molar-refractivity contribution in [1.29, 1.82) is 0 Å². The number of aromatic nitrogens is 2. The first-order valence-electron chi connectivity index (χ1n) is 13.9. The van der Waals surface area contributed by atoms with Gasteiger partial charge in [0.1, 0.15) is 11.9 Å². The average molecular weight is 524 g/mol. The Morgan fingerprint density at radius 3 is 2.74 bits per heavy atom. The van der Waals surface area contributed by atoms with Crippen molar-refractivity contribution < 1.29 is 24.2 Å². The molecule has 2 aromatic rings. The second-order valence-corrected chi connectivity index (χ2v) is 11.1. The van der Waals surface area contributed by atoms with E-state index in [1.54, 1.807) is 10.9 Å². The largest absolute Gasteiger partial charge is 0.493 e. The Hall–Kier alpha value is -2.95. The molecule has 38 heavy (non-hydrogen) atoms. The van der Waals surface area contributed by atoms with Gasteiger partial charge in [0.2, 0.25) is 5.91 Å². The minimum Gasteiger partial charge on any atom is -0.493 e. The summed E-state index contributed by atoms with van der Waals surface area (Å²) in [4.78, 5) is 29.1. The van der Waals surface area contributed by atoms with Crippen molar-refractivity contribution in [2.45, 2.75) is 81.4 Å². The second kappa shape index (κ2) is 10.7. The molecule has 4 heterocycles. The van der Waals surface area contributed by atoms with Gasteiger partial charge in [-0.2, -0.15) is 5.10 Å². The van der Waals surface area contributed by atoms with Crippen LogP contribution in [0.25, 0.3) is 11.1 Å². The van der Waals surface area contributed by atoms with Gasteiger partial charge in [-0.15, -0.1) is 0 Å². The number of likely N-dealkylation sites (tertiary alicyclic amines) is 1. The number of carbonyl (C=O) groups excluding carboxylic acids is 2. The van der Waals surface area contributed by atoms with Crippen LogP contribution in [-0.2, 0) is 16.6 Å². The Morgan fingerprint density at radius 1 is 1.11 bits per heavy atom. The number of aliphatic hydroxyl groups is 1. The zero-order valence-electron chi connectivity index (χ0n) is 21.8. The fourth-order valence-corrected chi connectivity index (χ4v) is 6.15. The number of amides is 2. The number of benzene rings is 1. The minimum atomic E-state index is -0.604. The Kier molecular flexibility index (Phi) is 7.11. The van der Waals surface area contributed by atoms with Gasteiger partial charge in [0.05, 0.1) is 36.6 Å². The molecule has 0 radical (unpaired) electrons. The summed E-state index contributed by atoms with van der Waals surface area (Å²) < 4.78 is 14.1. The summed E-state index contributed by atoms with van der Waals surface area (Å²) in [5.74, 6) is 0.275. The third kappa shape index (κ3) is 5.17. The minimum absolute atomic E-state index is 0.0523. The molecule has 10 nitrogen and oxygen atoms in total. The highest BCUT2D eigenvalue weighted by Gasteiger charge is 2.43. The molecule has 1 aromatic heterocycles. The van der Waals surface area contributed by atoms with Crippen molar-refractivity contribution >= 4 is 11.8 Å². The van der Waals surface area contributed by atoms with Crippen LogP contribution in [0.2, 0.25) is 0 Å². The number of carbonyl (C=O) groups is 2. The highest BCUT2D eigenvalue weighted by molar-refractivity contribution is 5.98. The molecule has 0 spiro atoms. The first-order chi connectivity index (χ1) is 18.4. The highest BCUT2D eigenvalue weighted by Crippen LogP contribution is 2.33. The lowest BCUT2D eigenvalue weighted by Gasteiger charge is -2.38. The molecule has 204 valence electrons. The summed E-state index contributed by atoms with van der Waals surface area (Å²) in [5.41, 5.74) is 2.34. The van der Waals surface area contributed by atoms with Crippen molar-refractivity contribution in [3.05, 3.63) is 36.2 Å². The molecule has 3 aliphatic heterocycles. The Balaban J connectivity index is 1.29. The van der Waals surface area contributed by atoms with Gasteiger partial charge in [0, 0.05) is 50.4 Å². The van der Waals surface area contributed by atoms with Crippen LogP contribution in [-0.4, -0.2) is 87.7 Å². The molecule has 2 saturated heterocycles. The van der Waals surface area contributed by atoms with Crippen molar-refractivity contribution in [3.63, 3.8) is 0 Å². The van der Waals surface area contributed by atoms with Crippen LogP contribution >= 0.6 is 0 Å². The smallest absolute Gasteiger partial charge is 0.255 e. The normalized spacial score (nSPS) is 31.1. The molecule has 2 amide bonds. The number of hydrogen-bond acceptors (Lipinski definition) is 7. The molecule has 4 bridgehead atoms. The molecular formula is C28H37N5O5. The number of nitrogens with one attached hydrogen (secondary N) is 2. The summed E-state index contributed by atoms with van der Waals surface area (Å²) in [7, 11) is 1.87. The summed E-state index contributed by atoms with van der Waals surface area (Å²) >= 11 is 0. The van der Waals surface area contributed by atoms with Crippen LogP contribution in [0.4, 0.5) is 0 Å². The predicted molar refractivity (Wildman–Crippen MR) is 140 cm³/mol.